The minimum atomic E-state index is -4.44. The third-order valence-electron chi connectivity index (χ3n) is 2.41. The summed E-state index contributed by atoms with van der Waals surface area (Å²) in [4.78, 5) is 2.91. The van der Waals surface area contributed by atoms with Crippen LogP contribution in [0.3, 0.4) is 0 Å². The zero-order valence-electron chi connectivity index (χ0n) is 8.90. The van der Waals surface area contributed by atoms with Gasteiger partial charge in [0.1, 0.15) is 0 Å². The molecule has 0 amide bonds. The van der Waals surface area contributed by atoms with Gasteiger partial charge in [0.25, 0.3) is 0 Å². The predicted octanol–water partition coefficient (Wildman–Crippen LogP) is 4.66. The first-order valence-electron chi connectivity index (χ1n) is 4.90. The van der Waals surface area contributed by atoms with E-state index in [2.05, 4.69) is 4.98 Å². The number of halogens is 4. The van der Waals surface area contributed by atoms with E-state index >= 15 is 0 Å². The van der Waals surface area contributed by atoms with Gasteiger partial charge in [0, 0.05) is 11.9 Å². The molecule has 2 rings (SSSR count). The van der Waals surface area contributed by atoms with Crippen LogP contribution in [0.5, 0.6) is 0 Å². The summed E-state index contributed by atoms with van der Waals surface area (Å²) in [5, 5.41) is -0.287. The number of H-pyrrole nitrogens is 1. The van der Waals surface area contributed by atoms with Gasteiger partial charge in [-0.2, -0.15) is 13.2 Å². The molecule has 90 valence electrons. The highest BCUT2D eigenvalue weighted by atomic mass is 35.5. The van der Waals surface area contributed by atoms with Crippen molar-refractivity contribution in [3.63, 3.8) is 0 Å². The lowest BCUT2D eigenvalue weighted by atomic mass is 10.1. The lowest BCUT2D eigenvalue weighted by Gasteiger charge is -2.10. The predicted molar refractivity (Wildman–Crippen MR) is 61.0 cm³/mol. The van der Waals surface area contributed by atoms with Crippen LogP contribution in [0, 0.1) is 6.92 Å². The van der Waals surface area contributed by atoms with Crippen molar-refractivity contribution in [3.05, 3.63) is 46.6 Å². The molecule has 0 saturated heterocycles. The maximum atomic E-state index is 12.7. The number of benzene rings is 1. The van der Waals surface area contributed by atoms with E-state index in [1.807, 2.05) is 6.92 Å². The van der Waals surface area contributed by atoms with Crippen molar-refractivity contribution in [2.24, 2.45) is 0 Å². The van der Waals surface area contributed by atoms with Gasteiger partial charge in [0.2, 0.25) is 0 Å². The van der Waals surface area contributed by atoms with Crippen LogP contribution in [-0.4, -0.2) is 4.98 Å². The smallest absolute Gasteiger partial charge is 0.361 e. The van der Waals surface area contributed by atoms with Gasteiger partial charge < -0.3 is 4.98 Å². The first-order valence-corrected chi connectivity index (χ1v) is 5.28. The van der Waals surface area contributed by atoms with Crippen LogP contribution in [0.25, 0.3) is 11.3 Å². The molecule has 0 spiro atoms. The molecule has 1 nitrogen and oxygen atoms in total. The first kappa shape index (κ1) is 12.0. The van der Waals surface area contributed by atoms with E-state index in [1.54, 1.807) is 18.3 Å². The van der Waals surface area contributed by atoms with Crippen LogP contribution in [0.15, 0.2) is 30.5 Å². The molecule has 1 aromatic carbocycles. The average Bonchev–Trinajstić information content (AvgIpc) is 2.64. The number of alkyl halides is 3. The Hall–Kier alpha value is -1.42. The van der Waals surface area contributed by atoms with Gasteiger partial charge in [-0.05, 0) is 36.2 Å². The van der Waals surface area contributed by atoms with Gasteiger partial charge in [-0.1, -0.05) is 17.7 Å². The summed E-state index contributed by atoms with van der Waals surface area (Å²) in [7, 11) is 0. The van der Waals surface area contributed by atoms with E-state index in [1.165, 1.54) is 6.07 Å². The minimum Gasteiger partial charge on any atom is -0.361 e. The molecule has 0 aliphatic carbocycles. The fourth-order valence-electron chi connectivity index (χ4n) is 1.58. The van der Waals surface area contributed by atoms with Crippen molar-refractivity contribution < 1.29 is 13.2 Å². The Balaban J connectivity index is 2.51. The Kier molecular flexibility index (Phi) is 2.91. The molecule has 0 aliphatic rings. The molecule has 1 aromatic heterocycles. The van der Waals surface area contributed by atoms with Gasteiger partial charge >= 0.3 is 6.18 Å². The SMILES string of the molecule is Cc1c[nH]c(-c2ccc(Cl)c(C(F)(F)F)c2)c1. The molecule has 17 heavy (non-hydrogen) atoms. The summed E-state index contributed by atoms with van der Waals surface area (Å²) in [5.41, 5.74) is 1.26. The second-order valence-corrected chi connectivity index (χ2v) is 4.19. The molecular formula is C12H9ClF3N. The minimum absolute atomic E-state index is 0.287. The Morgan fingerprint density at radius 1 is 1.18 bits per heavy atom. The molecule has 0 bridgehead atoms. The van der Waals surface area contributed by atoms with Crippen molar-refractivity contribution >= 4 is 11.6 Å². The van der Waals surface area contributed by atoms with Gasteiger partial charge in [-0.3, -0.25) is 0 Å². The summed E-state index contributed by atoms with van der Waals surface area (Å²) in [6, 6.07) is 5.65. The molecule has 1 heterocycles. The van der Waals surface area contributed by atoms with Crippen molar-refractivity contribution in [2.75, 3.05) is 0 Å². The van der Waals surface area contributed by atoms with Crippen LogP contribution in [0.1, 0.15) is 11.1 Å². The fraction of sp³-hybridized carbons (Fsp3) is 0.167. The van der Waals surface area contributed by atoms with E-state index in [0.29, 0.717) is 11.3 Å². The lowest BCUT2D eigenvalue weighted by Crippen LogP contribution is -2.05. The van der Waals surface area contributed by atoms with Gasteiger partial charge in [-0.15, -0.1) is 0 Å². The first-order chi connectivity index (χ1) is 7.88. The second-order valence-electron chi connectivity index (χ2n) is 3.78. The lowest BCUT2D eigenvalue weighted by molar-refractivity contribution is -0.137. The molecule has 0 aliphatic heterocycles. The van der Waals surface area contributed by atoms with Crippen molar-refractivity contribution in [1.82, 2.24) is 4.98 Å². The highest BCUT2D eigenvalue weighted by Crippen LogP contribution is 2.36. The van der Waals surface area contributed by atoms with Crippen molar-refractivity contribution in [2.45, 2.75) is 13.1 Å². The number of aromatic amines is 1. The number of nitrogens with one attached hydrogen (secondary N) is 1. The van der Waals surface area contributed by atoms with Crippen LogP contribution < -0.4 is 0 Å². The van der Waals surface area contributed by atoms with E-state index in [4.69, 9.17) is 11.6 Å². The third-order valence-corrected chi connectivity index (χ3v) is 2.74. The molecule has 5 heteroatoms. The summed E-state index contributed by atoms with van der Waals surface area (Å²) >= 11 is 5.54. The van der Waals surface area contributed by atoms with E-state index in [0.717, 1.165) is 11.6 Å². The second kappa shape index (κ2) is 4.11. The molecule has 0 fully saturated rings. The largest absolute Gasteiger partial charge is 0.417 e. The Labute approximate surface area is 101 Å². The van der Waals surface area contributed by atoms with Gasteiger partial charge in [-0.25, -0.2) is 0 Å². The summed E-state index contributed by atoms with van der Waals surface area (Å²) < 4.78 is 38.0. The monoisotopic (exact) mass is 259 g/mol. The fourth-order valence-corrected chi connectivity index (χ4v) is 1.80. The summed E-state index contributed by atoms with van der Waals surface area (Å²) in [6.45, 7) is 1.86. The van der Waals surface area contributed by atoms with Gasteiger partial charge in [0.15, 0.2) is 0 Å². The Morgan fingerprint density at radius 2 is 1.88 bits per heavy atom. The molecule has 0 unspecified atom stereocenters. The maximum absolute atomic E-state index is 12.7. The van der Waals surface area contributed by atoms with E-state index in [9.17, 15) is 13.2 Å². The topological polar surface area (TPSA) is 15.8 Å². The zero-order chi connectivity index (χ0) is 12.6. The van der Waals surface area contributed by atoms with Crippen LogP contribution in [0.4, 0.5) is 13.2 Å². The average molecular weight is 260 g/mol. The number of rotatable bonds is 1. The molecule has 1 N–H and O–H groups in total. The third kappa shape index (κ3) is 2.47. The number of aryl methyl sites for hydroxylation is 1. The maximum Gasteiger partial charge on any atom is 0.417 e. The highest BCUT2D eigenvalue weighted by molar-refractivity contribution is 6.31. The molecule has 0 saturated carbocycles. The standard InChI is InChI=1S/C12H9ClF3N/c1-7-4-11(17-6-7)8-2-3-10(13)9(5-8)12(14,15)16/h2-6,17H,1H3. The molecular weight excluding hydrogens is 251 g/mol. The van der Waals surface area contributed by atoms with E-state index in [-0.39, 0.29) is 5.02 Å². The Morgan fingerprint density at radius 3 is 2.41 bits per heavy atom. The van der Waals surface area contributed by atoms with E-state index < -0.39 is 11.7 Å². The number of aromatic nitrogens is 1. The normalized spacial score (nSPS) is 11.8. The summed E-state index contributed by atoms with van der Waals surface area (Å²) in [6.07, 6.45) is -2.70. The summed E-state index contributed by atoms with van der Waals surface area (Å²) in [5.74, 6) is 0. The quantitative estimate of drug-likeness (QED) is 0.766. The van der Waals surface area contributed by atoms with Crippen molar-refractivity contribution in [3.8, 4) is 11.3 Å². The number of hydrogen-bond acceptors (Lipinski definition) is 0. The molecule has 0 atom stereocenters. The van der Waals surface area contributed by atoms with Crippen LogP contribution in [-0.2, 0) is 6.18 Å². The number of hydrogen-bond donors (Lipinski definition) is 1. The van der Waals surface area contributed by atoms with Gasteiger partial charge in [0.05, 0.1) is 10.6 Å². The Bertz CT molecular complexity index is 543. The molecule has 2 aromatic rings. The molecule has 0 radical (unpaired) electrons. The zero-order valence-corrected chi connectivity index (χ0v) is 9.65. The van der Waals surface area contributed by atoms with Crippen LogP contribution in [0.2, 0.25) is 5.02 Å². The highest BCUT2D eigenvalue weighted by Gasteiger charge is 2.33. The van der Waals surface area contributed by atoms with Crippen LogP contribution >= 0.6 is 11.6 Å². The van der Waals surface area contributed by atoms with Crippen molar-refractivity contribution in [1.29, 1.82) is 0 Å².